The van der Waals surface area contributed by atoms with Crippen LogP contribution in [-0.2, 0) is 0 Å². The molecule has 2 rings (SSSR count). The molecule has 88 valence electrons. The van der Waals surface area contributed by atoms with Crippen molar-refractivity contribution in [3.05, 3.63) is 47.7 Å². The number of rotatable bonds is 3. The minimum absolute atomic E-state index is 0.107. The van der Waals surface area contributed by atoms with Crippen LogP contribution in [0.15, 0.2) is 42.7 Å². The van der Waals surface area contributed by atoms with E-state index < -0.39 is 0 Å². The van der Waals surface area contributed by atoms with E-state index in [1.807, 2.05) is 12.1 Å². The summed E-state index contributed by atoms with van der Waals surface area (Å²) in [4.78, 5) is 11.9. The van der Waals surface area contributed by atoms with Crippen molar-refractivity contribution < 1.29 is 4.79 Å². The summed E-state index contributed by atoms with van der Waals surface area (Å²) in [6.07, 6.45) is 3.20. The zero-order chi connectivity index (χ0) is 12.3. The quantitative estimate of drug-likeness (QED) is 0.910. The normalized spacial score (nSPS) is 12.1. The minimum atomic E-state index is -0.351. The van der Waals surface area contributed by atoms with E-state index in [4.69, 9.17) is 11.6 Å². The maximum Gasteiger partial charge on any atom is 0.268 e. The third-order valence-corrected chi connectivity index (χ3v) is 2.58. The van der Waals surface area contributed by atoms with E-state index >= 15 is 0 Å². The molecule has 0 aliphatic rings. The summed E-state index contributed by atoms with van der Waals surface area (Å²) in [6.45, 7) is 1.79. The molecule has 1 aromatic carbocycles. The van der Waals surface area contributed by atoms with Crippen molar-refractivity contribution in [3.8, 4) is 0 Å². The van der Waals surface area contributed by atoms with E-state index in [0.29, 0.717) is 5.02 Å². The highest BCUT2D eigenvalue weighted by Crippen LogP contribution is 2.14. The Labute approximate surface area is 104 Å². The molecule has 0 bridgehead atoms. The minimum Gasteiger partial charge on any atom is -0.374 e. The average Bonchev–Trinajstić information content (AvgIpc) is 2.84. The second kappa shape index (κ2) is 5.01. The Hall–Kier alpha value is -1.81. The first-order valence-corrected chi connectivity index (χ1v) is 5.60. The van der Waals surface area contributed by atoms with Gasteiger partial charge in [0.25, 0.3) is 5.91 Å². The van der Waals surface area contributed by atoms with E-state index in [9.17, 15) is 4.79 Å². The lowest BCUT2D eigenvalue weighted by Gasteiger charge is -2.13. The maximum absolute atomic E-state index is 11.9. The fourth-order valence-corrected chi connectivity index (χ4v) is 1.58. The van der Waals surface area contributed by atoms with Crippen molar-refractivity contribution >= 4 is 23.2 Å². The third kappa shape index (κ3) is 2.85. The Morgan fingerprint density at radius 3 is 2.71 bits per heavy atom. The van der Waals surface area contributed by atoms with Gasteiger partial charge in [-0.2, -0.15) is 5.10 Å². The average molecular weight is 250 g/mol. The SMILES string of the molecule is CC(Nc1ccc(Cl)cc1)C(=O)n1cccn1. The molecule has 2 aromatic rings. The van der Waals surface area contributed by atoms with Crippen molar-refractivity contribution in [2.75, 3.05) is 5.32 Å². The van der Waals surface area contributed by atoms with Crippen LogP contribution in [0.5, 0.6) is 0 Å². The molecule has 1 atom stereocenters. The second-order valence-electron chi connectivity index (χ2n) is 3.66. The first-order chi connectivity index (χ1) is 8.16. The Morgan fingerprint density at radius 2 is 2.12 bits per heavy atom. The Balaban J connectivity index is 2.04. The van der Waals surface area contributed by atoms with Crippen molar-refractivity contribution in [2.24, 2.45) is 0 Å². The summed E-state index contributed by atoms with van der Waals surface area (Å²) in [5, 5.41) is 7.66. The number of hydrogen-bond acceptors (Lipinski definition) is 3. The highest BCUT2D eigenvalue weighted by Gasteiger charge is 2.14. The Morgan fingerprint density at radius 1 is 1.41 bits per heavy atom. The van der Waals surface area contributed by atoms with Crippen molar-refractivity contribution in [1.29, 1.82) is 0 Å². The van der Waals surface area contributed by atoms with Crippen molar-refractivity contribution in [3.63, 3.8) is 0 Å². The lowest BCUT2D eigenvalue weighted by molar-refractivity contribution is 0.0879. The molecule has 1 heterocycles. The molecule has 1 unspecified atom stereocenters. The summed E-state index contributed by atoms with van der Waals surface area (Å²) in [5.74, 6) is -0.107. The van der Waals surface area contributed by atoms with E-state index in [0.717, 1.165) is 5.69 Å². The predicted molar refractivity (Wildman–Crippen MR) is 67.4 cm³/mol. The van der Waals surface area contributed by atoms with Crippen LogP contribution in [0.25, 0.3) is 0 Å². The van der Waals surface area contributed by atoms with Crippen LogP contribution in [0.3, 0.4) is 0 Å². The molecule has 0 radical (unpaired) electrons. The number of nitrogens with zero attached hydrogens (tertiary/aromatic N) is 2. The van der Waals surface area contributed by atoms with Gasteiger partial charge in [-0.15, -0.1) is 0 Å². The number of nitrogens with one attached hydrogen (secondary N) is 1. The van der Waals surface area contributed by atoms with Crippen LogP contribution in [0.4, 0.5) is 5.69 Å². The maximum atomic E-state index is 11.9. The lowest BCUT2D eigenvalue weighted by atomic mass is 10.2. The van der Waals surface area contributed by atoms with E-state index in [1.54, 1.807) is 37.5 Å². The molecular weight excluding hydrogens is 238 g/mol. The number of carbonyl (C=O) groups is 1. The number of aromatic nitrogens is 2. The Bertz CT molecular complexity index is 493. The first-order valence-electron chi connectivity index (χ1n) is 5.23. The molecule has 0 aliphatic heterocycles. The highest BCUT2D eigenvalue weighted by molar-refractivity contribution is 6.30. The number of carbonyl (C=O) groups excluding carboxylic acids is 1. The van der Waals surface area contributed by atoms with Gasteiger partial charge in [0, 0.05) is 23.1 Å². The largest absolute Gasteiger partial charge is 0.374 e. The van der Waals surface area contributed by atoms with E-state index in [-0.39, 0.29) is 11.9 Å². The molecule has 17 heavy (non-hydrogen) atoms. The van der Waals surface area contributed by atoms with Gasteiger partial charge >= 0.3 is 0 Å². The van der Waals surface area contributed by atoms with Gasteiger partial charge in [0.2, 0.25) is 0 Å². The number of anilines is 1. The van der Waals surface area contributed by atoms with Crippen LogP contribution in [0.1, 0.15) is 11.7 Å². The summed E-state index contributed by atoms with van der Waals surface area (Å²) >= 11 is 5.78. The zero-order valence-corrected chi connectivity index (χ0v) is 10.1. The van der Waals surface area contributed by atoms with Crippen LogP contribution >= 0.6 is 11.6 Å². The summed E-state index contributed by atoms with van der Waals surface area (Å²) in [6, 6.07) is 8.57. The van der Waals surface area contributed by atoms with Gasteiger partial charge in [-0.3, -0.25) is 4.79 Å². The third-order valence-electron chi connectivity index (χ3n) is 2.33. The molecule has 1 aromatic heterocycles. The summed E-state index contributed by atoms with van der Waals surface area (Å²) in [5.41, 5.74) is 0.849. The molecular formula is C12H12ClN3O. The van der Waals surface area contributed by atoms with Gasteiger partial charge in [0.05, 0.1) is 0 Å². The Kier molecular flexibility index (Phi) is 3.44. The lowest BCUT2D eigenvalue weighted by Crippen LogP contribution is -2.31. The molecule has 1 N–H and O–H groups in total. The molecule has 0 amide bonds. The predicted octanol–water partition coefficient (Wildman–Crippen LogP) is 2.68. The van der Waals surface area contributed by atoms with Gasteiger partial charge < -0.3 is 5.32 Å². The molecule has 0 spiro atoms. The zero-order valence-electron chi connectivity index (χ0n) is 9.30. The van der Waals surface area contributed by atoms with Crippen LogP contribution in [-0.4, -0.2) is 21.7 Å². The summed E-state index contributed by atoms with van der Waals surface area (Å²) < 4.78 is 1.31. The molecule has 5 heteroatoms. The van der Waals surface area contributed by atoms with Gasteiger partial charge in [0.1, 0.15) is 6.04 Å². The smallest absolute Gasteiger partial charge is 0.268 e. The fourth-order valence-electron chi connectivity index (χ4n) is 1.46. The number of benzene rings is 1. The molecule has 4 nitrogen and oxygen atoms in total. The van der Waals surface area contributed by atoms with Crippen LogP contribution in [0, 0.1) is 0 Å². The number of hydrogen-bond donors (Lipinski definition) is 1. The molecule has 0 aliphatic carbocycles. The molecule has 0 fully saturated rings. The molecule has 0 saturated heterocycles. The van der Waals surface area contributed by atoms with Crippen LogP contribution < -0.4 is 5.32 Å². The number of halogens is 1. The van der Waals surface area contributed by atoms with E-state index in [2.05, 4.69) is 10.4 Å². The topological polar surface area (TPSA) is 46.9 Å². The van der Waals surface area contributed by atoms with Crippen LogP contribution in [0.2, 0.25) is 5.02 Å². The van der Waals surface area contributed by atoms with Gasteiger partial charge in [0.15, 0.2) is 0 Å². The van der Waals surface area contributed by atoms with Crippen molar-refractivity contribution in [2.45, 2.75) is 13.0 Å². The fraction of sp³-hybridized carbons (Fsp3) is 0.167. The highest BCUT2D eigenvalue weighted by atomic mass is 35.5. The monoisotopic (exact) mass is 249 g/mol. The van der Waals surface area contributed by atoms with Gasteiger partial charge in [-0.25, -0.2) is 4.68 Å². The summed E-state index contributed by atoms with van der Waals surface area (Å²) in [7, 11) is 0. The second-order valence-corrected chi connectivity index (χ2v) is 4.10. The van der Waals surface area contributed by atoms with Gasteiger partial charge in [-0.05, 0) is 37.3 Å². The first kappa shape index (κ1) is 11.7. The van der Waals surface area contributed by atoms with Crippen molar-refractivity contribution in [1.82, 2.24) is 9.78 Å². The molecule has 0 saturated carbocycles. The van der Waals surface area contributed by atoms with E-state index in [1.165, 1.54) is 4.68 Å². The standard InChI is InChI=1S/C12H12ClN3O/c1-9(12(17)16-8-2-7-14-16)15-11-5-3-10(13)4-6-11/h2-9,15H,1H3. The van der Waals surface area contributed by atoms with Gasteiger partial charge in [-0.1, -0.05) is 11.6 Å².